The van der Waals surface area contributed by atoms with Gasteiger partial charge >= 0.3 is 0 Å². The predicted octanol–water partition coefficient (Wildman–Crippen LogP) is 3.41. The molecule has 1 unspecified atom stereocenters. The lowest BCUT2D eigenvalue weighted by atomic mass is 9.94. The lowest BCUT2D eigenvalue weighted by Gasteiger charge is -2.31. The predicted molar refractivity (Wildman–Crippen MR) is 173 cm³/mol. The van der Waals surface area contributed by atoms with Gasteiger partial charge in [0.05, 0.1) is 11.8 Å². The average Bonchev–Trinajstić information content (AvgIpc) is 3.45. The fourth-order valence-corrected chi connectivity index (χ4v) is 5.08. The first-order valence-electron chi connectivity index (χ1n) is 14.3. The molecule has 11 heteroatoms. The molecule has 1 aliphatic heterocycles. The highest BCUT2D eigenvalue weighted by atomic mass is 35.5. The Hall–Kier alpha value is -3.24. The highest BCUT2D eigenvalue weighted by Crippen LogP contribution is 2.26. The minimum Gasteiger partial charge on any atom is -0.390 e. The molecule has 0 aliphatic carbocycles. The van der Waals surface area contributed by atoms with E-state index in [0.717, 1.165) is 28.5 Å². The molecule has 0 bridgehead atoms. The number of hydrogen-bond acceptors (Lipinski definition) is 6. The van der Waals surface area contributed by atoms with Gasteiger partial charge < -0.3 is 26.0 Å². The van der Waals surface area contributed by atoms with E-state index in [9.17, 15) is 19.5 Å². The summed E-state index contributed by atoms with van der Waals surface area (Å²) < 4.78 is 0. The summed E-state index contributed by atoms with van der Waals surface area (Å²) in [4.78, 5) is 45.7. The van der Waals surface area contributed by atoms with Crippen molar-refractivity contribution in [1.82, 2.24) is 25.8 Å². The van der Waals surface area contributed by atoms with Crippen molar-refractivity contribution in [2.24, 2.45) is 5.41 Å². The minimum atomic E-state index is -0.871. The molecule has 9 nitrogen and oxygen atoms in total. The van der Waals surface area contributed by atoms with Gasteiger partial charge in [0.1, 0.15) is 12.1 Å². The van der Waals surface area contributed by atoms with Crippen LogP contribution in [0.3, 0.4) is 0 Å². The Labute approximate surface area is 266 Å². The van der Waals surface area contributed by atoms with Crippen LogP contribution in [0.4, 0.5) is 0 Å². The Kier molecular flexibility index (Phi) is 13.9. The van der Waals surface area contributed by atoms with Crippen molar-refractivity contribution in [1.29, 1.82) is 0 Å². The maximum absolute atomic E-state index is 13.5. The molecule has 0 saturated carbocycles. The standard InChI is InChI=1S/C32H41N5O4.2ClH/c1-32(2,3)31(41)37-16-8-12-28(37)30(40)36-27(18-22-13-14-23-9-4-5-10-24(23)17-22)29(39)35-21-26(38)20-33-19-25-11-6-7-15-34-25;;/h4-7,9-11,13-15,17,26-28,33,38H,8,12,16,18-21H2,1-3H3,(H,35,39)(H,36,40);2*1H/t26?,27-,28+;;/m1../s1. The van der Waals surface area contributed by atoms with E-state index < -0.39 is 23.6 Å². The summed E-state index contributed by atoms with van der Waals surface area (Å²) in [7, 11) is 0. The highest BCUT2D eigenvalue weighted by molar-refractivity contribution is 5.93. The molecule has 3 amide bonds. The fraction of sp³-hybridized carbons (Fsp3) is 0.438. The first kappa shape index (κ1) is 36.0. The quantitative estimate of drug-likeness (QED) is 0.257. The van der Waals surface area contributed by atoms with Crippen LogP contribution in [0.25, 0.3) is 10.8 Å². The van der Waals surface area contributed by atoms with Gasteiger partial charge in [0.15, 0.2) is 0 Å². The van der Waals surface area contributed by atoms with Crippen molar-refractivity contribution in [2.75, 3.05) is 19.6 Å². The average molecular weight is 633 g/mol. The second kappa shape index (κ2) is 16.6. The lowest BCUT2D eigenvalue weighted by Crippen LogP contribution is -2.55. The zero-order valence-corrected chi connectivity index (χ0v) is 26.5. The van der Waals surface area contributed by atoms with Crippen molar-refractivity contribution in [3.63, 3.8) is 0 Å². The fourth-order valence-electron chi connectivity index (χ4n) is 5.08. The second-order valence-electron chi connectivity index (χ2n) is 11.7. The number of likely N-dealkylation sites (tertiary alicyclic amines) is 1. The van der Waals surface area contributed by atoms with E-state index in [4.69, 9.17) is 0 Å². The molecule has 43 heavy (non-hydrogen) atoms. The van der Waals surface area contributed by atoms with Crippen LogP contribution in [0.1, 0.15) is 44.9 Å². The third-order valence-electron chi connectivity index (χ3n) is 7.27. The van der Waals surface area contributed by atoms with Crippen LogP contribution in [0, 0.1) is 5.41 Å². The summed E-state index contributed by atoms with van der Waals surface area (Å²) in [5, 5.41) is 21.5. The van der Waals surface area contributed by atoms with Gasteiger partial charge in [-0.3, -0.25) is 19.4 Å². The van der Waals surface area contributed by atoms with Crippen molar-refractivity contribution >= 4 is 53.3 Å². The number of carbonyl (C=O) groups is 3. The summed E-state index contributed by atoms with van der Waals surface area (Å²) in [5.41, 5.74) is 1.15. The number of nitrogens with one attached hydrogen (secondary N) is 3. The zero-order valence-electron chi connectivity index (χ0n) is 24.9. The maximum atomic E-state index is 13.5. The monoisotopic (exact) mass is 631 g/mol. The molecule has 1 aliphatic rings. The van der Waals surface area contributed by atoms with Crippen LogP contribution in [0.2, 0.25) is 0 Å². The smallest absolute Gasteiger partial charge is 0.243 e. The minimum absolute atomic E-state index is 0. The molecule has 2 heterocycles. The third-order valence-corrected chi connectivity index (χ3v) is 7.27. The Morgan fingerprint density at radius 1 is 1.00 bits per heavy atom. The number of aromatic nitrogens is 1. The molecule has 3 atom stereocenters. The van der Waals surface area contributed by atoms with E-state index >= 15 is 0 Å². The van der Waals surface area contributed by atoms with Crippen LogP contribution >= 0.6 is 24.8 Å². The van der Waals surface area contributed by atoms with Gasteiger partial charge in [-0.05, 0) is 41.3 Å². The normalized spacial score (nSPS) is 16.0. The topological polar surface area (TPSA) is 124 Å². The number of halogens is 2. The van der Waals surface area contributed by atoms with Crippen molar-refractivity contribution < 1.29 is 19.5 Å². The van der Waals surface area contributed by atoms with Crippen molar-refractivity contribution in [2.45, 2.75) is 64.8 Å². The molecular formula is C32H43Cl2N5O4. The van der Waals surface area contributed by atoms with Crippen LogP contribution in [-0.4, -0.2) is 70.5 Å². The number of aliphatic hydroxyl groups excluding tert-OH is 1. The molecule has 0 radical (unpaired) electrons. The first-order valence-corrected chi connectivity index (χ1v) is 14.3. The lowest BCUT2D eigenvalue weighted by molar-refractivity contribution is -0.145. The van der Waals surface area contributed by atoms with Gasteiger partial charge in [-0.15, -0.1) is 24.8 Å². The summed E-state index contributed by atoms with van der Waals surface area (Å²) in [6.07, 6.45) is 2.45. The number of fused-ring (bicyclic) bond motifs is 1. The Balaban J connectivity index is 0.00000323. The van der Waals surface area contributed by atoms with Crippen LogP contribution in [0.15, 0.2) is 66.9 Å². The van der Waals surface area contributed by atoms with E-state index in [2.05, 4.69) is 20.9 Å². The van der Waals surface area contributed by atoms with E-state index in [-0.39, 0.29) is 62.0 Å². The molecule has 1 saturated heterocycles. The Morgan fingerprint density at radius 3 is 2.42 bits per heavy atom. The van der Waals surface area contributed by atoms with E-state index in [1.54, 1.807) is 11.1 Å². The third kappa shape index (κ3) is 10.2. The van der Waals surface area contributed by atoms with E-state index in [1.807, 2.05) is 81.4 Å². The highest BCUT2D eigenvalue weighted by Gasteiger charge is 2.39. The molecule has 4 N–H and O–H groups in total. The molecule has 4 rings (SSSR count). The molecule has 0 spiro atoms. The van der Waals surface area contributed by atoms with Gasteiger partial charge in [-0.1, -0.05) is 69.3 Å². The first-order chi connectivity index (χ1) is 19.6. The number of aliphatic hydroxyl groups is 1. The second-order valence-corrected chi connectivity index (χ2v) is 11.7. The molecule has 234 valence electrons. The van der Waals surface area contributed by atoms with Gasteiger partial charge in [-0.2, -0.15) is 0 Å². The number of amides is 3. The largest absolute Gasteiger partial charge is 0.390 e. The number of nitrogens with zero attached hydrogens (tertiary/aromatic N) is 2. The SMILES string of the molecule is CC(C)(C)C(=O)N1CCC[C@H]1C(=O)N[C@H](Cc1ccc2ccccc2c1)C(=O)NCC(O)CNCc1ccccn1.Cl.Cl. The molecule has 2 aromatic carbocycles. The van der Waals surface area contributed by atoms with Crippen LogP contribution in [-0.2, 0) is 27.3 Å². The Bertz CT molecular complexity index is 1350. The van der Waals surface area contributed by atoms with Gasteiger partial charge in [-0.25, -0.2) is 0 Å². The van der Waals surface area contributed by atoms with Crippen molar-refractivity contribution in [3.8, 4) is 0 Å². The summed E-state index contributed by atoms with van der Waals surface area (Å²) >= 11 is 0. The van der Waals surface area contributed by atoms with Crippen molar-refractivity contribution in [3.05, 3.63) is 78.1 Å². The zero-order chi connectivity index (χ0) is 29.4. The number of hydrogen-bond donors (Lipinski definition) is 4. The van der Waals surface area contributed by atoms with Gasteiger partial charge in [0, 0.05) is 44.2 Å². The molecule has 1 aromatic heterocycles. The van der Waals surface area contributed by atoms with Gasteiger partial charge in [0.25, 0.3) is 0 Å². The summed E-state index contributed by atoms with van der Waals surface area (Å²) in [6, 6.07) is 18.1. The molecule has 1 fully saturated rings. The number of carbonyl (C=O) groups excluding carboxylic acids is 3. The Morgan fingerprint density at radius 2 is 1.72 bits per heavy atom. The summed E-state index contributed by atoms with van der Waals surface area (Å²) in [5.74, 6) is -0.799. The number of rotatable bonds is 11. The van der Waals surface area contributed by atoms with Crippen LogP contribution in [0.5, 0.6) is 0 Å². The van der Waals surface area contributed by atoms with E-state index in [0.29, 0.717) is 19.5 Å². The maximum Gasteiger partial charge on any atom is 0.243 e. The van der Waals surface area contributed by atoms with E-state index in [1.165, 1.54) is 0 Å². The van der Waals surface area contributed by atoms with Gasteiger partial charge in [0.2, 0.25) is 17.7 Å². The number of pyridine rings is 1. The molecule has 3 aromatic rings. The molecular weight excluding hydrogens is 589 g/mol. The summed E-state index contributed by atoms with van der Waals surface area (Å²) in [6.45, 7) is 6.84. The number of benzene rings is 2. The van der Waals surface area contributed by atoms with Crippen LogP contribution < -0.4 is 16.0 Å².